The van der Waals surface area contributed by atoms with E-state index < -0.39 is 57.8 Å². The number of carbonyl (C=O) groups excluding carboxylic acids is 3. The van der Waals surface area contributed by atoms with E-state index >= 15 is 0 Å². The van der Waals surface area contributed by atoms with Crippen molar-refractivity contribution in [1.82, 2.24) is 0 Å². The molecule has 0 aromatic rings. The average molecular weight is 1010 g/mol. The number of aliphatic hydroxyl groups excluding tert-OH is 1. The van der Waals surface area contributed by atoms with Gasteiger partial charge in [-0.15, -0.1) is 0 Å². The van der Waals surface area contributed by atoms with Gasteiger partial charge in [0.15, 0.2) is 6.10 Å². The number of unbranched alkanes of at least 4 members (excludes halogenated alkanes) is 28. The number of rotatable bonds is 53. The molecule has 0 radical (unpaired) electrons. The van der Waals surface area contributed by atoms with Gasteiger partial charge in [0.1, 0.15) is 12.7 Å². The van der Waals surface area contributed by atoms with Gasteiger partial charge in [-0.1, -0.05) is 198 Å². The van der Waals surface area contributed by atoms with E-state index in [4.69, 9.17) is 23.3 Å². The number of ether oxygens (including phenoxy) is 3. The Morgan fingerprint density at radius 3 is 1.14 bits per heavy atom. The Morgan fingerprint density at radius 2 is 0.729 bits per heavy atom. The summed E-state index contributed by atoms with van der Waals surface area (Å²) in [5, 5.41) is 9.79. The minimum absolute atomic E-state index is 0.160. The smallest absolute Gasteiger partial charge is 0.462 e. The Balaban J connectivity index is 4.73. The Labute approximate surface area is 428 Å². The van der Waals surface area contributed by atoms with Crippen LogP contribution in [0.5, 0.6) is 0 Å². The molecule has 12 heteroatoms. The highest BCUT2D eigenvalue weighted by atomic mass is 31.2. The average Bonchev–Trinajstić information content (AvgIpc) is 3.35. The van der Waals surface area contributed by atoms with Crippen LogP contribution in [0, 0.1) is 0 Å². The molecule has 0 fully saturated rings. The lowest BCUT2D eigenvalue weighted by Crippen LogP contribution is -2.30. The monoisotopic (exact) mass is 1010 g/mol. The summed E-state index contributed by atoms with van der Waals surface area (Å²) < 4.78 is 39.5. The van der Waals surface area contributed by atoms with Gasteiger partial charge in [0.2, 0.25) is 0 Å². The quantitative estimate of drug-likeness (QED) is 0.0197. The second-order valence-corrected chi connectivity index (χ2v) is 20.5. The van der Waals surface area contributed by atoms with E-state index in [1.807, 2.05) is 0 Å². The summed E-state index contributed by atoms with van der Waals surface area (Å²) in [5.74, 6) is -1.49. The Morgan fingerprint density at radius 1 is 0.400 bits per heavy atom. The van der Waals surface area contributed by atoms with Gasteiger partial charge in [-0.05, 0) is 96.3 Å². The third-order valence-electron chi connectivity index (χ3n) is 12.2. The maximum atomic E-state index is 12.9. The molecule has 11 nitrogen and oxygen atoms in total. The lowest BCUT2D eigenvalue weighted by molar-refractivity contribution is -0.161. The molecule has 0 aliphatic carbocycles. The first-order valence-corrected chi connectivity index (χ1v) is 30.0. The highest BCUT2D eigenvalue weighted by molar-refractivity contribution is 7.47. The summed E-state index contributed by atoms with van der Waals surface area (Å²) in [6.45, 7) is 4.55. The molecule has 0 aliphatic heterocycles. The Kier molecular flexibility index (Phi) is 50.8. The molecular weight excluding hydrogens is 904 g/mol. The number of hydrogen-bond donors (Lipinski definition) is 2. The van der Waals surface area contributed by atoms with Crippen LogP contribution in [0.1, 0.15) is 265 Å². The molecular formula is C58H105O11P. The standard InChI is InChI=1S/C58H105O11P/c1-4-7-10-13-16-19-22-25-26-27-28-31-34-37-40-43-46-49-58(62)69-55(51-65-56(60)47-44-41-38-35-32-29-23-20-17-14-11-8-5-2)53-67-70(63,64)66-52-54(50-59)68-57(61)48-45-42-39-36-33-30-24-21-18-15-12-9-6-3/h11,14,20-21,23-26,54-55,59H,4-10,12-13,15-19,22,27-53H2,1-3H3,(H,63,64)/b14-11-,23-20-,24-21-,26-25-. The van der Waals surface area contributed by atoms with Crippen molar-refractivity contribution in [3.8, 4) is 0 Å². The highest BCUT2D eigenvalue weighted by Gasteiger charge is 2.28. The molecule has 3 atom stereocenters. The van der Waals surface area contributed by atoms with Crippen molar-refractivity contribution in [2.24, 2.45) is 0 Å². The zero-order valence-electron chi connectivity index (χ0n) is 45.0. The largest absolute Gasteiger partial charge is 0.472 e. The van der Waals surface area contributed by atoms with Gasteiger partial charge < -0.3 is 24.2 Å². The second-order valence-electron chi connectivity index (χ2n) is 19.1. The lowest BCUT2D eigenvalue weighted by atomic mass is 10.1. The number of phosphoric ester groups is 1. The molecule has 2 N–H and O–H groups in total. The van der Waals surface area contributed by atoms with Crippen LogP contribution in [0.15, 0.2) is 48.6 Å². The number of esters is 3. The van der Waals surface area contributed by atoms with Gasteiger partial charge in [0.05, 0.1) is 19.8 Å². The fourth-order valence-electron chi connectivity index (χ4n) is 7.80. The molecule has 0 aliphatic rings. The molecule has 408 valence electrons. The van der Waals surface area contributed by atoms with Crippen LogP contribution >= 0.6 is 7.82 Å². The number of aliphatic hydroxyl groups is 1. The Bertz CT molecular complexity index is 1360. The van der Waals surface area contributed by atoms with Crippen molar-refractivity contribution in [2.75, 3.05) is 26.4 Å². The zero-order chi connectivity index (χ0) is 51.3. The predicted octanol–water partition coefficient (Wildman–Crippen LogP) is 16.6. The van der Waals surface area contributed by atoms with Gasteiger partial charge in [0, 0.05) is 19.3 Å². The molecule has 0 heterocycles. The third-order valence-corrected chi connectivity index (χ3v) is 13.1. The Hall–Kier alpha value is -2.56. The van der Waals surface area contributed by atoms with Crippen molar-refractivity contribution < 1.29 is 52.2 Å². The topological polar surface area (TPSA) is 155 Å². The number of phosphoric acid groups is 1. The molecule has 0 bridgehead atoms. The molecule has 0 spiro atoms. The van der Waals surface area contributed by atoms with Gasteiger partial charge >= 0.3 is 25.7 Å². The fourth-order valence-corrected chi connectivity index (χ4v) is 8.58. The van der Waals surface area contributed by atoms with Crippen molar-refractivity contribution in [1.29, 1.82) is 0 Å². The van der Waals surface area contributed by atoms with Crippen LogP contribution in [0.3, 0.4) is 0 Å². The predicted molar refractivity (Wildman–Crippen MR) is 289 cm³/mol. The van der Waals surface area contributed by atoms with Crippen molar-refractivity contribution >= 4 is 25.7 Å². The van der Waals surface area contributed by atoms with Crippen LogP contribution in [0.4, 0.5) is 0 Å². The van der Waals surface area contributed by atoms with Crippen molar-refractivity contribution in [3.05, 3.63) is 48.6 Å². The normalized spacial score (nSPS) is 13.7. The van der Waals surface area contributed by atoms with Crippen LogP contribution in [0.2, 0.25) is 0 Å². The van der Waals surface area contributed by atoms with Gasteiger partial charge in [0.25, 0.3) is 0 Å². The number of carbonyl (C=O) groups is 3. The van der Waals surface area contributed by atoms with E-state index in [1.165, 1.54) is 89.9 Å². The highest BCUT2D eigenvalue weighted by Crippen LogP contribution is 2.43. The molecule has 3 unspecified atom stereocenters. The summed E-state index contributed by atoms with van der Waals surface area (Å²) in [6.07, 6.45) is 54.9. The third kappa shape index (κ3) is 50.4. The number of allylic oxidation sites excluding steroid dienone is 8. The molecule has 0 rings (SSSR count). The van der Waals surface area contributed by atoms with Gasteiger partial charge in [-0.3, -0.25) is 23.4 Å². The number of hydrogen-bond acceptors (Lipinski definition) is 10. The van der Waals surface area contributed by atoms with E-state index in [0.29, 0.717) is 19.3 Å². The maximum absolute atomic E-state index is 12.9. The second kappa shape index (κ2) is 52.8. The molecule has 0 aromatic carbocycles. The summed E-state index contributed by atoms with van der Waals surface area (Å²) >= 11 is 0. The van der Waals surface area contributed by atoms with E-state index in [0.717, 1.165) is 116 Å². The van der Waals surface area contributed by atoms with Crippen LogP contribution in [0.25, 0.3) is 0 Å². The van der Waals surface area contributed by atoms with E-state index in [1.54, 1.807) is 0 Å². The summed E-state index contributed by atoms with van der Waals surface area (Å²) in [5.41, 5.74) is 0. The summed E-state index contributed by atoms with van der Waals surface area (Å²) in [6, 6.07) is 0. The minimum atomic E-state index is -4.75. The summed E-state index contributed by atoms with van der Waals surface area (Å²) in [7, 11) is -4.75. The first kappa shape index (κ1) is 67.4. The molecule has 0 saturated carbocycles. The molecule has 0 amide bonds. The first-order valence-electron chi connectivity index (χ1n) is 28.5. The summed E-state index contributed by atoms with van der Waals surface area (Å²) in [4.78, 5) is 48.5. The van der Waals surface area contributed by atoms with E-state index in [-0.39, 0.29) is 25.9 Å². The van der Waals surface area contributed by atoms with E-state index in [2.05, 4.69) is 69.4 Å². The van der Waals surface area contributed by atoms with Crippen LogP contribution in [-0.4, -0.2) is 66.5 Å². The first-order chi connectivity index (χ1) is 34.2. The molecule has 0 aromatic heterocycles. The van der Waals surface area contributed by atoms with E-state index in [9.17, 15) is 28.9 Å². The van der Waals surface area contributed by atoms with Crippen LogP contribution < -0.4 is 0 Å². The maximum Gasteiger partial charge on any atom is 0.472 e. The molecule has 70 heavy (non-hydrogen) atoms. The minimum Gasteiger partial charge on any atom is -0.462 e. The SMILES string of the molecule is CCC/C=C\C/C=C\CCCCCCCC(=O)OCC(COP(=O)(O)OCC(CO)OC(=O)CCCCCCC/C=C\CCCCCC)OC(=O)CCCCCCCCC/C=C\CCCCCCCC. The van der Waals surface area contributed by atoms with Gasteiger partial charge in [-0.2, -0.15) is 0 Å². The molecule has 0 saturated heterocycles. The fraction of sp³-hybridized carbons (Fsp3) is 0.810. The van der Waals surface area contributed by atoms with Gasteiger partial charge in [-0.25, -0.2) is 4.57 Å². The van der Waals surface area contributed by atoms with Crippen LogP contribution in [-0.2, 0) is 42.2 Å². The lowest BCUT2D eigenvalue weighted by Gasteiger charge is -2.21. The zero-order valence-corrected chi connectivity index (χ0v) is 45.9. The van der Waals surface area contributed by atoms with Crippen molar-refractivity contribution in [2.45, 2.75) is 277 Å². The van der Waals surface area contributed by atoms with Crippen molar-refractivity contribution in [3.63, 3.8) is 0 Å².